The van der Waals surface area contributed by atoms with Gasteiger partial charge in [0.05, 0.1) is 19.0 Å². The Labute approximate surface area is 74.2 Å². The summed E-state index contributed by atoms with van der Waals surface area (Å²) >= 11 is 0. The molecule has 0 aliphatic carbocycles. The normalized spacial score (nSPS) is 24.0. The lowest BCUT2D eigenvalue weighted by Crippen LogP contribution is -2.19. The number of aliphatic hydroxyl groups excluding tert-OH is 1. The number of rotatable bonds is 5. The van der Waals surface area contributed by atoms with Crippen molar-refractivity contribution in [2.45, 2.75) is 38.7 Å². The van der Waals surface area contributed by atoms with Crippen LogP contribution in [0.25, 0.3) is 0 Å². The second-order valence-electron chi connectivity index (χ2n) is 3.39. The van der Waals surface area contributed by atoms with E-state index in [4.69, 9.17) is 4.74 Å². The van der Waals surface area contributed by atoms with Gasteiger partial charge in [-0.3, -0.25) is 0 Å². The molecule has 0 saturated carbocycles. The predicted molar refractivity (Wildman–Crippen MR) is 48.7 cm³/mol. The fraction of sp³-hybridized carbons (Fsp3) is 0.800. The van der Waals surface area contributed by atoms with Crippen LogP contribution < -0.4 is 0 Å². The van der Waals surface area contributed by atoms with Crippen LogP contribution in [0.3, 0.4) is 0 Å². The number of ether oxygens (including phenoxy) is 1. The van der Waals surface area contributed by atoms with E-state index in [9.17, 15) is 5.11 Å². The van der Waals surface area contributed by atoms with Gasteiger partial charge in [-0.2, -0.15) is 0 Å². The average molecular weight is 170 g/mol. The van der Waals surface area contributed by atoms with E-state index in [0.717, 1.165) is 12.8 Å². The molecular weight excluding hydrogens is 152 g/mol. The molecule has 2 nitrogen and oxygen atoms in total. The van der Waals surface area contributed by atoms with Gasteiger partial charge in [0.25, 0.3) is 0 Å². The molecular formula is C10H18O2. The summed E-state index contributed by atoms with van der Waals surface area (Å²) in [4.78, 5) is 0. The van der Waals surface area contributed by atoms with Crippen LogP contribution >= 0.6 is 0 Å². The predicted octanol–water partition coefficient (Wildman–Crippen LogP) is 2.09. The highest BCUT2D eigenvalue weighted by atomic mass is 16.5. The van der Waals surface area contributed by atoms with Gasteiger partial charge in [-0.05, 0) is 12.5 Å². The van der Waals surface area contributed by atoms with Crippen molar-refractivity contribution in [2.24, 2.45) is 5.92 Å². The lowest BCUT2D eigenvalue weighted by Gasteiger charge is -2.14. The Morgan fingerprint density at radius 1 is 1.58 bits per heavy atom. The topological polar surface area (TPSA) is 29.5 Å². The second-order valence-corrected chi connectivity index (χ2v) is 3.39. The number of unbranched alkanes of at least 4 members (excludes halogenated alkanes) is 2. The average Bonchev–Trinajstić information content (AvgIpc) is 2.56. The van der Waals surface area contributed by atoms with E-state index in [2.05, 4.69) is 6.92 Å². The molecule has 70 valence electrons. The molecule has 12 heavy (non-hydrogen) atoms. The van der Waals surface area contributed by atoms with E-state index in [0.29, 0.717) is 6.61 Å². The second kappa shape index (κ2) is 5.20. The first-order valence-corrected chi connectivity index (χ1v) is 4.81. The quantitative estimate of drug-likeness (QED) is 0.640. The van der Waals surface area contributed by atoms with Crippen LogP contribution in [-0.4, -0.2) is 17.8 Å². The molecule has 0 aromatic heterocycles. The van der Waals surface area contributed by atoms with Gasteiger partial charge < -0.3 is 9.84 Å². The lowest BCUT2D eigenvalue weighted by atomic mass is 9.99. The molecule has 0 saturated heterocycles. The maximum absolute atomic E-state index is 9.64. The molecule has 0 bridgehead atoms. The Morgan fingerprint density at radius 2 is 2.42 bits per heavy atom. The Balaban J connectivity index is 2.10. The summed E-state index contributed by atoms with van der Waals surface area (Å²) in [5.41, 5.74) is 0. The minimum Gasteiger partial charge on any atom is -0.501 e. The SMILES string of the molecule is CCCCCC(O)C1C=COC1. The maximum atomic E-state index is 9.64. The Kier molecular flexibility index (Phi) is 4.15. The summed E-state index contributed by atoms with van der Waals surface area (Å²) < 4.78 is 5.04. The van der Waals surface area contributed by atoms with Gasteiger partial charge >= 0.3 is 0 Å². The van der Waals surface area contributed by atoms with Crippen LogP contribution in [0.1, 0.15) is 32.6 Å². The van der Waals surface area contributed by atoms with E-state index in [1.54, 1.807) is 6.26 Å². The zero-order valence-corrected chi connectivity index (χ0v) is 7.70. The highest BCUT2D eigenvalue weighted by molar-refractivity contribution is 4.92. The molecule has 1 heterocycles. The Morgan fingerprint density at radius 3 is 3.00 bits per heavy atom. The minimum absolute atomic E-state index is 0.199. The fourth-order valence-corrected chi connectivity index (χ4v) is 1.44. The van der Waals surface area contributed by atoms with Crippen LogP contribution in [-0.2, 0) is 4.74 Å². The van der Waals surface area contributed by atoms with Crippen molar-refractivity contribution in [1.29, 1.82) is 0 Å². The van der Waals surface area contributed by atoms with Crippen LogP contribution in [0, 0.1) is 5.92 Å². The van der Waals surface area contributed by atoms with Crippen molar-refractivity contribution in [3.63, 3.8) is 0 Å². The molecule has 0 amide bonds. The molecule has 0 spiro atoms. The van der Waals surface area contributed by atoms with E-state index in [-0.39, 0.29) is 12.0 Å². The molecule has 0 fully saturated rings. The molecule has 0 radical (unpaired) electrons. The van der Waals surface area contributed by atoms with Crippen molar-refractivity contribution in [1.82, 2.24) is 0 Å². The Bertz CT molecular complexity index is 143. The Hall–Kier alpha value is -0.500. The highest BCUT2D eigenvalue weighted by Gasteiger charge is 2.19. The molecule has 2 atom stereocenters. The molecule has 2 heteroatoms. The summed E-state index contributed by atoms with van der Waals surface area (Å²) in [6, 6.07) is 0. The molecule has 1 aliphatic heterocycles. The van der Waals surface area contributed by atoms with Crippen LogP contribution in [0.2, 0.25) is 0 Å². The minimum atomic E-state index is -0.199. The first kappa shape index (κ1) is 9.59. The van der Waals surface area contributed by atoms with Crippen molar-refractivity contribution in [3.05, 3.63) is 12.3 Å². The van der Waals surface area contributed by atoms with E-state index in [1.165, 1.54) is 12.8 Å². The van der Waals surface area contributed by atoms with Crippen molar-refractivity contribution < 1.29 is 9.84 Å². The molecule has 1 rings (SSSR count). The maximum Gasteiger partial charge on any atom is 0.0961 e. The third-order valence-corrected chi connectivity index (χ3v) is 2.31. The van der Waals surface area contributed by atoms with E-state index < -0.39 is 0 Å². The van der Waals surface area contributed by atoms with Gasteiger partial charge in [-0.15, -0.1) is 0 Å². The van der Waals surface area contributed by atoms with Crippen molar-refractivity contribution >= 4 is 0 Å². The van der Waals surface area contributed by atoms with Gasteiger partial charge in [0.1, 0.15) is 0 Å². The number of aliphatic hydroxyl groups is 1. The monoisotopic (exact) mass is 170 g/mol. The van der Waals surface area contributed by atoms with Gasteiger partial charge in [-0.25, -0.2) is 0 Å². The van der Waals surface area contributed by atoms with Crippen LogP contribution in [0.5, 0.6) is 0 Å². The third-order valence-electron chi connectivity index (χ3n) is 2.31. The van der Waals surface area contributed by atoms with Gasteiger partial charge in [0.15, 0.2) is 0 Å². The highest BCUT2D eigenvalue weighted by Crippen LogP contribution is 2.17. The van der Waals surface area contributed by atoms with Crippen LogP contribution in [0.4, 0.5) is 0 Å². The summed E-state index contributed by atoms with van der Waals surface area (Å²) in [6.45, 7) is 2.83. The molecule has 0 aromatic carbocycles. The summed E-state index contributed by atoms with van der Waals surface area (Å²) in [5.74, 6) is 0.238. The van der Waals surface area contributed by atoms with Crippen molar-refractivity contribution in [3.8, 4) is 0 Å². The summed E-state index contributed by atoms with van der Waals surface area (Å²) in [5, 5.41) is 9.64. The molecule has 0 aromatic rings. The van der Waals surface area contributed by atoms with E-state index in [1.807, 2.05) is 6.08 Å². The standard InChI is InChI=1S/C10H18O2/c1-2-3-4-5-10(11)9-6-7-12-8-9/h6-7,9-11H,2-5,8H2,1H3. The zero-order chi connectivity index (χ0) is 8.81. The summed E-state index contributed by atoms with van der Waals surface area (Å²) in [6.07, 6.45) is 7.91. The number of hydrogen-bond donors (Lipinski definition) is 1. The number of hydrogen-bond acceptors (Lipinski definition) is 2. The lowest BCUT2D eigenvalue weighted by molar-refractivity contribution is 0.0926. The fourth-order valence-electron chi connectivity index (χ4n) is 1.44. The molecule has 2 unspecified atom stereocenters. The first-order chi connectivity index (χ1) is 5.84. The zero-order valence-electron chi connectivity index (χ0n) is 7.70. The summed E-state index contributed by atoms with van der Waals surface area (Å²) in [7, 11) is 0. The first-order valence-electron chi connectivity index (χ1n) is 4.81. The van der Waals surface area contributed by atoms with Gasteiger partial charge in [-0.1, -0.05) is 26.2 Å². The third kappa shape index (κ3) is 2.86. The van der Waals surface area contributed by atoms with Gasteiger partial charge in [0, 0.05) is 5.92 Å². The smallest absolute Gasteiger partial charge is 0.0961 e. The molecule has 1 N–H and O–H groups in total. The van der Waals surface area contributed by atoms with Gasteiger partial charge in [0.2, 0.25) is 0 Å². The van der Waals surface area contributed by atoms with E-state index >= 15 is 0 Å². The van der Waals surface area contributed by atoms with Crippen LogP contribution in [0.15, 0.2) is 12.3 Å². The van der Waals surface area contributed by atoms with Crippen molar-refractivity contribution in [2.75, 3.05) is 6.61 Å². The molecule has 1 aliphatic rings. The largest absolute Gasteiger partial charge is 0.501 e.